The van der Waals surface area contributed by atoms with Crippen molar-refractivity contribution in [2.24, 2.45) is 0 Å². The zero-order valence-electron chi connectivity index (χ0n) is 9.12. The molecule has 0 aromatic heterocycles. The average Bonchev–Trinajstić information content (AvgIpc) is 2.27. The number of carbonyl (C=O) groups is 1. The van der Waals surface area contributed by atoms with Crippen LogP contribution in [-0.4, -0.2) is 19.3 Å². The second-order valence-electron chi connectivity index (χ2n) is 3.34. The van der Waals surface area contributed by atoms with Gasteiger partial charge < -0.3 is 4.74 Å². The first-order valence-electron chi connectivity index (χ1n) is 4.84. The summed E-state index contributed by atoms with van der Waals surface area (Å²) in [6.45, 7) is 0. The number of alkyl halides is 3. The van der Waals surface area contributed by atoms with Crippen molar-refractivity contribution in [1.82, 2.24) is 0 Å². The number of halogens is 3. The van der Waals surface area contributed by atoms with Gasteiger partial charge in [0.1, 0.15) is 0 Å². The molecule has 0 bridgehead atoms. The lowest BCUT2D eigenvalue weighted by molar-refractivity contribution is -0.124. The minimum absolute atomic E-state index is 0.362. The highest BCUT2D eigenvalue weighted by molar-refractivity contribution is 5.89. The number of esters is 1. The van der Waals surface area contributed by atoms with Gasteiger partial charge in [0, 0.05) is 0 Å². The Morgan fingerprint density at radius 2 is 1.88 bits per heavy atom. The summed E-state index contributed by atoms with van der Waals surface area (Å²) >= 11 is 0. The van der Waals surface area contributed by atoms with E-state index in [9.17, 15) is 18.0 Å². The zero-order chi connectivity index (χ0) is 12.9. The molecule has 0 fully saturated rings. The van der Waals surface area contributed by atoms with Gasteiger partial charge in [-0.1, -0.05) is 24.3 Å². The fourth-order valence-corrected chi connectivity index (χ4v) is 1.18. The van der Waals surface area contributed by atoms with E-state index in [1.54, 1.807) is 12.1 Å². The van der Waals surface area contributed by atoms with Crippen LogP contribution in [0.5, 0.6) is 0 Å². The fraction of sp³-hybridized carbons (Fsp3) is 0.250. The van der Waals surface area contributed by atoms with Gasteiger partial charge in [-0.15, -0.1) is 0 Å². The van der Waals surface area contributed by atoms with Crippen molar-refractivity contribution in [3.8, 4) is 0 Å². The number of ether oxygens (including phenoxy) is 1. The zero-order valence-corrected chi connectivity index (χ0v) is 9.12. The minimum atomic E-state index is -4.19. The second kappa shape index (κ2) is 5.52. The van der Waals surface area contributed by atoms with Crippen LogP contribution in [0.2, 0.25) is 0 Å². The summed E-state index contributed by atoms with van der Waals surface area (Å²) in [5.74, 6) is -0.476. The van der Waals surface area contributed by atoms with E-state index in [0.717, 1.165) is 6.08 Å². The summed E-state index contributed by atoms with van der Waals surface area (Å²) in [6, 6.07) is 6.11. The number of benzene rings is 1. The predicted octanol–water partition coefficient (Wildman–Crippen LogP) is 3.44. The molecule has 0 radical (unpaired) electrons. The molecular formula is C12H11F3O2. The Morgan fingerprint density at radius 1 is 1.29 bits per heavy atom. The van der Waals surface area contributed by atoms with Crippen LogP contribution in [0, 0.1) is 0 Å². The molecule has 0 heterocycles. The Balaban J connectivity index is 2.66. The molecule has 1 aromatic carbocycles. The molecule has 0 amide bonds. The summed E-state index contributed by atoms with van der Waals surface area (Å²) in [5.41, 5.74) is 0.961. The second-order valence-corrected chi connectivity index (χ2v) is 3.34. The van der Waals surface area contributed by atoms with Crippen molar-refractivity contribution in [2.45, 2.75) is 12.6 Å². The van der Waals surface area contributed by atoms with E-state index in [1.807, 2.05) is 0 Å². The van der Waals surface area contributed by atoms with Crippen molar-refractivity contribution >= 4 is 12.0 Å². The SMILES string of the molecule is COC(=O)c1ccc(/C=C/CC(F)(F)F)cc1. The van der Waals surface area contributed by atoms with Crippen LogP contribution >= 0.6 is 0 Å². The van der Waals surface area contributed by atoms with Crippen LogP contribution in [-0.2, 0) is 4.74 Å². The lowest BCUT2D eigenvalue weighted by atomic mass is 10.1. The van der Waals surface area contributed by atoms with Crippen LogP contribution in [0.4, 0.5) is 13.2 Å². The van der Waals surface area contributed by atoms with Crippen molar-refractivity contribution < 1.29 is 22.7 Å². The van der Waals surface area contributed by atoms with Crippen LogP contribution in [0.15, 0.2) is 30.3 Å². The number of hydrogen-bond donors (Lipinski definition) is 0. The molecule has 1 aromatic rings. The van der Waals surface area contributed by atoms with Gasteiger partial charge in [0.15, 0.2) is 0 Å². The number of methoxy groups -OCH3 is 1. The molecule has 0 atom stereocenters. The summed E-state index contributed by atoms with van der Waals surface area (Å²) in [6.07, 6.45) is -2.77. The number of carbonyl (C=O) groups excluding carboxylic acids is 1. The van der Waals surface area contributed by atoms with Crippen LogP contribution < -0.4 is 0 Å². The smallest absolute Gasteiger partial charge is 0.392 e. The van der Waals surface area contributed by atoms with Crippen LogP contribution in [0.1, 0.15) is 22.3 Å². The first kappa shape index (κ1) is 13.3. The molecule has 0 spiro atoms. The van der Waals surface area contributed by atoms with E-state index < -0.39 is 18.6 Å². The maximum Gasteiger partial charge on any atom is 0.392 e. The molecule has 0 saturated heterocycles. The van der Waals surface area contributed by atoms with Gasteiger partial charge >= 0.3 is 12.1 Å². The monoisotopic (exact) mass is 244 g/mol. The third kappa shape index (κ3) is 4.72. The van der Waals surface area contributed by atoms with E-state index in [-0.39, 0.29) is 0 Å². The lowest BCUT2D eigenvalue weighted by Gasteiger charge is -2.01. The topological polar surface area (TPSA) is 26.3 Å². The van der Waals surface area contributed by atoms with Gasteiger partial charge in [-0.3, -0.25) is 0 Å². The van der Waals surface area contributed by atoms with E-state index in [4.69, 9.17) is 0 Å². The Labute approximate surface area is 96.7 Å². The molecule has 0 unspecified atom stereocenters. The largest absolute Gasteiger partial charge is 0.465 e. The average molecular weight is 244 g/mol. The maximum absolute atomic E-state index is 11.9. The van der Waals surface area contributed by atoms with Crippen molar-refractivity contribution in [3.63, 3.8) is 0 Å². The summed E-state index contributed by atoms with van der Waals surface area (Å²) in [7, 11) is 1.26. The number of allylic oxidation sites excluding steroid dienone is 1. The standard InChI is InChI=1S/C12H11F3O2/c1-17-11(16)10-6-4-9(5-7-10)3-2-8-12(13,14)15/h2-7H,8H2,1H3/b3-2+. The van der Waals surface area contributed by atoms with Crippen LogP contribution in [0.25, 0.3) is 6.08 Å². The fourth-order valence-electron chi connectivity index (χ4n) is 1.18. The number of hydrogen-bond acceptors (Lipinski definition) is 2. The molecule has 5 heteroatoms. The third-order valence-corrected chi connectivity index (χ3v) is 1.99. The highest BCUT2D eigenvalue weighted by Gasteiger charge is 2.24. The van der Waals surface area contributed by atoms with E-state index in [0.29, 0.717) is 11.1 Å². The van der Waals surface area contributed by atoms with Gasteiger partial charge in [-0.2, -0.15) is 13.2 Å². The Hall–Kier alpha value is -1.78. The molecule has 0 aliphatic heterocycles. The molecule has 1 rings (SSSR count). The van der Waals surface area contributed by atoms with Crippen molar-refractivity contribution in [3.05, 3.63) is 41.5 Å². The molecule has 2 nitrogen and oxygen atoms in total. The van der Waals surface area contributed by atoms with Crippen molar-refractivity contribution in [2.75, 3.05) is 7.11 Å². The van der Waals surface area contributed by atoms with Crippen LogP contribution in [0.3, 0.4) is 0 Å². The number of rotatable bonds is 3. The normalized spacial score (nSPS) is 11.8. The maximum atomic E-state index is 11.9. The Kier molecular flexibility index (Phi) is 4.31. The van der Waals surface area contributed by atoms with Gasteiger partial charge in [-0.05, 0) is 17.7 Å². The minimum Gasteiger partial charge on any atom is -0.465 e. The molecule has 0 aliphatic carbocycles. The highest BCUT2D eigenvalue weighted by atomic mass is 19.4. The lowest BCUT2D eigenvalue weighted by Crippen LogP contribution is -2.03. The van der Waals surface area contributed by atoms with Gasteiger partial charge in [-0.25, -0.2) is 4.79 Å². The van der Waals surface area contributed by atoms with E-state index in [2.05, 4.69) is 4.74 Å². The molecular weight excluding hydrogens is 233 g/mol. The summed E-state index contributed by atoms with van der Waals surface area (Å²) < 4.78 is 40.1. The summed E-state index contributed by atoms with van der Waals surface area (Å²) in [4.78, 5) is 11.1. The third-order valence-electron chi connectivity index (χ3n) is 1.99. The van der Waals surface area contributed by atoms with E-state index >= 15 is 0 Å². The van der Waals surface area contributed by atoms with Gasteiger partial charge in [0.05, 0.1) is 19.1 Å². The van der Waals surface area contributed by atoms with Gasteiger partial charge in [0.2, 0.25) is 0 Å². The molecule has 17 heavy (non-hydrogen) atoms. The molecule has 0 saturated carbocycles. The highest BCUT2D eigenvalue weighted by Crippen LogP contribution is 2.20. The first-order valence-corrected chi connectivity index (χ1v) is 4.84. The van der Waals surface area contributed by atoms with E-state index in [1.165, 1.54) is 25.3 Å². The molecule has 92 valence electrons. The summed E-state index contributed by atoms with van der Waals surface area (Å²) in [5, 5.41) is 0. The first-order chi connectivity index (χ1) is 7.92. The van der Waals surface area contributed by atoms with Gasteiger partial charge in [0.25, 0.3) is 0 Å². The molecule has 0 N–H and O–H groups in total. The Morgan fingerprint density at radius 3 is 2.35 bits per heavy atom. The van der Waals surface area contributed by atoms with Crippen molar-refractivity contribution in [1.29, 1.82) is 0 Å². The molecule has 0 aliphatic rings. The Bertz CT molecular complexity index is 405. The quantitative estimate of drug-likeness (QED) is 0.761. The predicted molar refractivity (Wildman–Crippen MR) is 57.5 cm³/mol.